The number of benzene rings is 2. The van der Waals surface area contributed by atoms with Gasteiger partial charge in [-0.1, -0.05) is 23.2 Å². The Morgan fingerprint density at radius 3 is 1.91 bits per heavy atom. The Labute approximate surface area is 138 Å². The quantitative estimate of drug-likeness (QED) is 0.761. The third kappa shape index (κ3) is 3.92. The van der Waals surface area contributed by atoms with Crippen LogP contribution >= 0.6 is 23.2 Å². The second kappa shape index (κ2) is 6.08. The molecule has 22 heavy (non-hydrogen) atoms. The number of rotatable bonds is 4. The van der Waals surface area contributed by atoms with Crippen LogP contribution in [0.2, 0.25) is 10.0 Å². The van der Waals surface area contributed by atoms with Crippen molar-refractivity contribution in [2.24, 2.45) is 0 Å². The van der Waals surface area contributed by atoms with Crippen LogP contribution in [0.25, 0.3) is 0 Å². The highest BCUT2D eigenvalue weighted by Gasteiger charge is 2.19. The average Bonchev–Trinajstić information content (AvgIpc) is 2.41. The highest BCUT2D eigenvalue weighted by molar-refractivity contribution is 7.90. The Kier molecular flexibility index (Phi) is 4.72. The maximum Gasteiger partial charge on any atom is 0.339 e. The first kappa shape index (κ1) is 17.1. The second-order valence-corrected chi connectivity index (χ2v) is 8.76. The molecular weight excluding hydrogens is 371 g/mol. The largest absolute Gasteiger partial charge is 0.377 e. The predicted octanol–water partition coefficient (Wildman–Crippen LogP) is 3.16. The van der Waals surface area contributed by atoms with E-state index in [1.54, 1.807) is 0 Å². The fourth-order valence-corrected chi connectivity index (χ4v) is 3.63. The summed E-state index contributed by atoms with van der Waals surface area (Å²) in [7, 11) is -7.54. The Hall–Kier alpha value is -1.28. The van der Waals surface area contributed by atoms with Gasteiger partial charge in [0.1, 0.15) is 4.90 Å². The molecule has 2 aromatic rings. The van der Waals surface area contributed by atoms with E-state index in [4.69, 9.17) is 27.4 Å². The van der Waals surface area contributed by atoms with Gasteiger partial charge in [-0.2, -0.15) is 8.42 Å². The SMILES string of the molecule is CS(=O)(=O)c1ccc(S(=O)(=O)Oc2ccc(Cl)cc2Cl)cc1. The third-order valence-electron chi connectivity index (χ3n) is 2.63. The van der Waals surface area contributed by atoms with E-state index in [0.717, 1.165) is 18.4 Å². The lowest BCUT2D eigenvalue weighted by Crippen LogP contribution is -2.10. The highest BCUT2D eigenvalue weighted by atomic mass is 35.5. The molecule has 0 aliphatic rings. The van der Waals surface area contributed by atoms with Crippen LogP contribution in [-0.4, -0.2) is 23.1 Å². The molecule has 5 nitrogen and oxygen atoms in total. The number of sulfone groups is 1. The summed E-state index contributed by atoms with van der Waals surface area (Å²) in [5, 5.41) is 0.385. The maximum atomic E-state index is 12.1. The van der Waals surface area contributed by atoms with Crippen molar-refractivity contribution in [1.82, 2.24) is 0 Å². The molecule has 0 aliphatic carbocycles. The minimum absolute atomic E-state index is 0.0102. The van der Waals surface area contributed by atoms with E-state index in [2.05, 4.69) is 0 Å². The summed E-state index contributed by atoms with van der Waals surface area (Å²) >= 11 is 11.6. The standard InChI is InChI=1S/C13H10Cl2O5S2/c1-21(16,17)10-3-5-11(6-4-10)22(18,19)20-13-7-2-9(14)8-12(13)15/h2-8H,1H3. The lowest BCUT2D eigenvalue weighted by Gasteiger charge is -2.09. The van der Waals surface area contributed by atoms with Crippen molar-refractivity contribution < 1.29 is 21.0 Å². The van der Waals surface area contributed by atoms with Crippen molar-refractivity contribution in [2.75, 3.05) is 6.26 Å². The Bertz CT molecular complexity index is 904. The van der Waals surface area contributed by atoms with E-state index in [-0.39, 0.29) is 20.6 Å². The first-order valence-corrected chi connectivity index (χ1v) is 9.85. The fraction of sp³-hybridized carbons (Fsp3) is 0.0769. The molecule has 0 N–H and O–H groups in total. The normalized spacial score (nSPS) is 12.1. The number of halogens is 2. The molecule has 0 unspecified atom stereocenters. The first-order valence-electron chi connectivity index (χ1n) is 5.79. The second-order valence-electron chi connectivity index (χ2n) is 4.36. The molecule has 0 spiro atoms. The zero-order chi connectivity index (χ0) is 16.5. The Morgan fingerprint density at radius 2 is 1.41 bits per heavy atom. The van der Waals surface area contributed by atoms with Crippen LogP contribution in [0, 0.1) is 0 Å². The van der Waals surface area contributed by atoms with Crippen molar-refractivity contribution >= 4 is 43.2 Å². The topological polar surface area (TPSA) is 77.5 Å². The smallest absolute Gasteiger partial charge is 0.339 e. The van der Waals surface area contributed by atoms with E-state index in [1.165, 1.54) is 30.3 Å². The molecule has 0 aromatic heterocycles. The molecule has 2 aromatic carbocycles. The van der Waals surface area contributed by atoms with Gasteiger partial charge in [-0.25, -0.2) is 8.42 Å². The van der Waals surface area contributed by atoms with Crippen LogP contribution in [-0.2, 0) is 20.0 Å². The minimum atomic E-state index is -4.13. The zero-order valence-corrected chi connectivity index (χ0v) is 14.3. The summed E-state index contributed by atoms with van der Waals surface area (Å²) < 4.78 is 51.9. The van der Waals surface area contributed by atoms with Crippen LogP contribution in [0.3, 0.4) is 0 Å². The van der Waals surface area contributed by atoms with Gasteiger partial charge in [0.15, 0.2) is 15.6 Å². The highest BCUT2D eigenvalue weighted by Crippen LogP contribution is 2.30. The fourth-order valence-electron chi connectivity index (χ4n) is 1.56. The molecule has 0 fully saturated rings. The molecule has 0 atom stereocenters. The monoisotopic (exact) mass is 380 g/mol. The van der Waals surface area contributed by atoms with Crippen LogP contribution < -0.4 is 4.18 Å². The van der Waals surface area contributed by atoms with Gasteiger partial charge in [0, 0.05) is 11.3 Å². The molecular formula is C13H10Cl2O5S2. The van der Waals surface area contributed by atoms with Crippen LogP contribution in [0.5, 0.6) is 5.75 Å². The first-order chi connectivity index (χ1) is 10.1. The van der Waals surface area contributed by atoms with E-state index in [0.29, 0.717) is 5.02 Å². The summed E-state index contributed by atoms with van der Waals surface area (Å²) in [6.45, 7) is 0. The van der Waals surface area contributed by atoms with E-state index < -0.39 is 20.0 Å². The number of hydrogen-bond donors (Lipinski definition) is 0. The molecule has 0 saturated carbocycles. The van der Waals surface area contributed by atoms with E-state index >= 15 is 0 Å². The molecule has 0 heterocycles. The summed E-state index contributed by atoms with van der Waals surface area (Å²) in [6, 6.07) is 8.79. The molecule has 0 amide bonds. The minimum Gasteiger partial charge on any atom is -0.377 e. The molecule has 9 heteroatoms. The van der Waals surface area contributed by atoms with Gasteiger partial charge in [-0.15, -0.1) is 0 Å². The van der Waals surface area contributed by atoms with Gasteiger partial charge in [-0.05, 0) is 42.5 Å². The lowest BCUT2D eigenvalue weighted by molar-refractivity contribution is 0.486. The summed E-state index contributed by atoms with van der Waals surface area (Å²) in [4.78, 5) is -0.179. The Morgan fingerprint density at radius 1 is 0.864 bits per heavy atom. The van der Waals surface area contributed by atoms with Gasteiger partial charge < -0.3 is 4.18 Å². The van der Waals surface area contributed by atoms with E-state index in [1.807, 2.05) is 0 Å². The summed E-state index contributed by atoms with van der Waals surface area (Å²) in [5.41, 5.74) is 0. The van der Waals surface area contributed by atoms with Crippen LogP contribution in [0.4, 0.5) is 0 Å². The van der Waals surface area contributed by atoms with Crippen molar-refractivity contribution in [2.45, 2.75) is 9.79 Å². The summed E-state index contributed by atoms with van der Waals surface area (Å²) in [6.07, 6.45) is 1.03. The Balaban J connectivity index is 2.34. The van der Waals surface area contributed by atoms with Crippen molar-refractivity contribution in [3.63, 3.8) is 0 Å². The average molecular weight is 381 g/mol. The molecule has 118 valence electrons. The van der Waals surface area contributed by atoms with Crippen LogP contribution in [0.1, 0.15) is 0 Å². The molecule has 2 rings (SSSR count). The van der Waals surface area contributed by atoms with E-state index in [9.17, 15) is 16.8 Å². The molecule has 0 saturated heterocycles. The van der Waals surface area contributed by atoms with Crippen molar-refractivity contribution in [1.29, 1.82) is 0 Å². The molecule has 0 aliphatic heterocycles. The van der Waals surface area contributed by atoms with Crippen molar-refractivity contribution in [3.8, 4) is 5.75 Å². The van der Waals surface area contributed by atoms with Crippen LogP contribution in [0.15, 0.2) is 52.3 Å². The number of hydrogen-bond acceptors (Lipinski definition) is 5. The summed E-state index contributed by atoms with van der Waals surface area (Å²) in [5.74, 6) is -0.0711. The van der Waals surface area contributed by atoms with Gasteiger partial charge in [0.05, 0.1) is 9.92 Å². The van der Waals surface area contributed by atoms with Gasteiger partial charge >= 0.3 is 10.1 Å². The lowest BCUT2D eigenvalue weighted by atomic mass is 10.3. The van der Waals surface area contributed by atoms with Gasteiger partial charge in [-0.3, -0.25) is 0 Å². The third-order valence-corrected chi connectivity index (χ3v) is 5.54. The van der Waals surface area contributed by atoms with Gasteiger partial charge in [0.2, 0.25) is 0 Å². The van der Waals surface area contributed by atoms with Gasteiger partial charge in [0.25, 0.3) is 0 Å². The molecule has 0 bridgehead atoms. The van der Waals surface area contributed by atoms with Crippen molar-refractivity contribution in [3.05, 3.63) is 52.5 Å². The maximum absolute atomic E-state index is 12.1. The zero-order valence-electron chi connectivity index (χ0n) is 11.2. The molecule has 0 radical (unpaired) electrons. The predicted molar refractivity (Wildman–Crippen MR) is 83.8 cm³/mol.